The number of hydrogen-bond acceptors (Lipinski definition) is 3. The molecule has 0 saturated carbocycles. The van der Waals surface area contributed by atoms with Crippen molar-refractivity contribution in [1.29, 1.82) is 0 Å². The van der Waals surface area contributed by atoms with Gasteiger partial charge in [-0.25, -0.2) is 18.4 Å². The Morgan fingerprint density at radius 3 is 2.13 bits per heavy atom. The molecule has 0 fully saturated rings. The van der Waals surface area contributed by atoms with Crippen LogP contribution in [-0.2, 0) is 6.42 Å². The van der Waals surface area contributed by atoms with Gasteiger partial charge in [-0.15, -0.1) is 0 Å². The van der Waals surface area contributed by atoms with E-state index in [1.807, 2.05) is 0 Å². The number of methoxy groups -OCH3 is 1. The molecular formula is C16H12F2O5. The highest BCUT2D eigenvalue weighted by Crippen LogP contribution is 2.24. The van der Waals surface area contributed by atoms with Gasteiger partial charge in [0, 0.05) is 24.1 Å². The molecular weight excluding hydrogens is 310 g/mol. The summed E-state index contributed by atoms with van der Waals surface area (Å²) in [5, 5.41) is 18.1. The molecule has 2 rings (SSSR count). The molecule has 0 unspecified atom stereocenters. The molecule has 0 bridgehead atoms. The number of carbonyl (C=O) groups is 2. The van der Waals surface area contributed by atoms with E-state index in [1.165, 1.54) is 19.2 Å². The summed E-state index contributed by atoms with van der Waals surface area (Å²) in [7, 11) is 1.26. The highest BCUT2D eigenvalue weighted by molar-refractivity contribution is 5.94. The van der Waals surface area contributed by atoms with Gasteiger partial charge >= 0.3 is 11.9 Å². The highest BCUT2D eigenvalue weighted by atomic mass is 19.1. The first-order valence-electron chi connectivity index (χ1n) is 6.45. The van der Waals surface area contributed by atoms with E-state index in [1.54, 1.807) is 0 Å². The minimum absolute atomic E-state index is 0.00318. The van der Waals surface area contributed by atoms with Gasteiger partial charge in [0.1, 0.15) is 17.4 Å². The summed E-state index contributed by atoms with van der Waals surface area (Å²) < 4.78 is 32.7. The Morgan fingerprint density at radius 2 is 1.65 bits per heavy atom. The van der Waals surface area contributed by atoms with Gasteiger partial charge in [-0.1, -0.05) is 6.07 Å². The molecule has 0 saturated heterocycles. The van der Waals surface area contributed by atoms with Gasteiger partial charge in [0.15, 0.2) is 0 Å². The molecule has 5 nitrogen and oxygen atoms in total. The number of rotatable bonds is 5. The van der Waals surface area contributed by atoms with E-state index in [0.717, 1.165) is 18.2 Å². The lowest BCUT2D eigenvalue weighted by molar-refractivity contribution is 0.0695. The van der Waals surface area contributed by atoms with Crippen molar-refractivity contribution < 1.29 is 33.3 Å². The lowest BCUT2D eigenvalue weighted by Gasteiger charge is -2.10. The summed E-state index contributed by atoms with van der Waals surface area (Å²) in [5.74, 6) is -4.41. The maximum absolute atomic E-state index is 14.0. The standard InChI is InChI=1S/C16H12F2O5/c1-23-10-6-13(17)12(14(18)7-10)4-8-2-3-9(15(19)20)5-11(8)16(21)22/h2-3,5-7H,4H2,1H3,(H,19,20)(H,21,22). The summed E-state index contributed by atoms with van der Waals surface area (Å²) in [6.45, 7) is 0. The summed E-state index contributed by atoms with van der Waals surface area (Å²) in [6, 6.07) is 5.35. The Bertz CT molecular complexity index is 763. The number of hydrogen-bond donors (Lipinski definition) is 2. The van der Waals surface area contributed by atoms with Crippen molar-refractivity contribution in [3.8, 4) is 5.75 Å². The SMILES string of the molecule is COc1cc(F)c(Cc2ccc(C(=O)O)cc2C(=O)O)c(F)c1. The number of benzene rings is 2. The molecule has 7 heteroatoms. The van der Waals surface area contributed by atoms with Gasteiger partial charge in [-0.2, -0.15) is 0 Å². The number of ether oxygens (including phenoxy) is 1. The first-order chi connectivity index (χ1) is 10.8. The molecule has 2 N–H and O–H groups in total. The summed E-state index contributed by atoms with van der Waals surface area (Å²) in [5.41, 5.74) is -0.761. The molecule has 120 valence electrons. The van der Waals surface area contributed by atoms with Crippen molar-refractivity contribution in [3.63, 3.8) is 0 Å². The van der Waals surface area contributed by atoms with Crippen LogP contribution in [0.5, 0.6) is 5.75 Å². The third-order valence-corrected chi connectivity index (χ3v) is 3.30. The van der Waals surface area contributed by atoms with Crippen LogP contribution in [0.3, 0.4) is 0 Å². The average molecular weight is 322 g/mol. The maximum Gasteiger partial charge on any atom is 0.336 e. The molecule has 0 aliphatic carbocycles. The second kappa shape index (κ2) is 6.43. The smallest absolute Gasteiger partial charge is 0.336 e. The molecule has 23 heavy (non-hydrogen) atoms. The highest BCUT2D eigenvalue weighted by Gasteiger charge is 2.18. The fourth-order valence-corrected chi connectivity index (χ4v) is 2.12. The van der Waals surface area contributed by atoms with Crippen LogP contribution in [-0.4, -0.2) is 29.3 Å². The van der Waals surface area contributed by atoms with E-state index in [2.05, 4.69) is 0 Å². The zero-order chi connectivity index (χ0) is 17.1. The summed E-state index contributed by atoms with van der Waals surface area (Å²) in [6.07, 6.45) is -0.330. The lowest BCUT2D eigenvalue weighted by Crippen LogP contribution is -2.08. The Labute approximate surface area is 129 Å². The predicted octanol–water partition coefficient (Wildman–Crippen LogP) is 2.96. The van der Waals surface area contributed by atoms with Gasteiger partial charge in [-0.05, 0) is 17.7 Å². The van der Waals surface area contributed by atoms with Crippen LogP contribution < -0.4 is 4.74 Å². The van der Waals surface area contributed by atoms with Crippen LogP contribution in [0.4, 0.5) is 8.78 Å². The Balaban J connectivity index is 2.48. The predicted molar refractivity (Wildman–Crippen MR) is 76.1 cm³/mol. The molecule has 0 heterocycles. The van der Waals surface area contributed by atoms with E-state index in [0.29, 0.717) is 0 Å². The first kappa shape index (κ1) is 16.4. The van der Waals surface area contributed by atoms with Crippen LogP contribution in [0.1, 0.15) is 31.8 Å². The molecule has 0 aliphatic heterocycles. The van der Waals surface area contributed by atoms with E-state index in [-0.39, 0.29) is 34.4 Å². The zero-order valence-electron chi connectivity index (χ0n) is 12.0. The van der Waals surface area contributed by atoms with Gasteiger partial charge < -0.3 is 14.9 Å². The fourth-order valence-electron chi connectivity index (χ4n) is 2.12. The molecule has 0 radical (unpaired) electrons. The largest absolute Gasteiger partial charge is 0.497 e. The van der Waals surface area contributed by atoms with Crippen molar-refractivity contribution in [3.05, 3.63) is 64.2 Å². The first-order valence-corrected chi connectivity index (χ1v) is 6.45. The van der Waals surface area contributed by atoms with E-state index in [4.69, 9.17) is 9.84 Å². The van der Waals surface area contributed by atoms with Gasteiger partial charge in [0.25, 0.3) is 0 Å². The van der Waals surface area contributed by atoms with E-state index >= 15 is 0 Å². The number of carboxylic acid groups (broad SMARTS) is 2. The average Bonchev–Trinajstić information content (AvgIpc) is 2.50. The second-order valence-corrected chi connectivity index (χ2v) is 4.73. The van der Waals surface area contributed by atoms with Crippen molar-refractivity contribution in [2.75, 3.05) is 7.11 Å². The van der Waals surface area contributed by atoms with Crippen molar-refractivity contribution in [1.82, 2.24) is 0 Å². The number of carboxylic acids is 2. The quantitative estimate of drug-likeness (QED) is 0.884. The van der Waals surface area contributed by atoms with Crippen LogP contribution in [0.15, 0.2) is 30.3 Å². The molecule has 2 aromatic carbocycles. The van der Waals surface area contributed by atoms with E-state index < -0.39 is 23.6 Å². The molecule has 0 atom stereocenters. The molecule has 2 aromatic rings. The van der Waals surface area contributed by atoms with E-state index in [9.17, 15) is 23.5 Å². The number of halogens is 2. The molecule has 0 aliphatic rings. The Hall–Kier alpha value is -2.96. The van der Waals surface area contributed by atoms with Gasteiger partial charge in [-0.3, -0.25) is 0 Å². The lowest BCUT2D eigenvalue weighted by atomic mass is 9.97. The maximum atomic E-state index is 14.0. The Kier molecular flexibility index (Phi) is 4.59. The minimum atomic E-state index is -1.38. The molecule has 0 amide bonds. The molecule has 0 spiro atoms. The fraction of sp³-hybridized carbons (Fsp3) is 0.125. The van der Waals surface area contributed by atoms with Crippen molar-refractivity contribution in [2.24, 2.45) is 0 Å². The normalized spacial score (nSPS) is 10.4. The topological polar surface area (TPSA) is 83.8 Å². The Morgan fingerprint density at radius 1 is 1.04 bits per heavy atom. The zero-order valence-corrected chi connectivity index (χ0v) is 12.0. The molecule has 0 aromatic heterocycles. The van der Waals surface area contributed by atoms with Crippen LogP contribution in [0.25, 0.3) is 0 Å². The van der Waals surface area contributed by atoms with Gasteiger partial charge in [0.05, 0.1) is 18.2 Å². The summed E-state index contributed by atoms with van der Waals surface area (Å²) >= 11 is 0. The van der Waals surface area contributed by atoms with Gasteiger partial charge in [0.2, 0.25) is 0 Å². The van der Waals surface area contributed by atoms with Crippen LogP contribution in [0, 0.1) is 11.6 Å². The van der Waals surface area contributed by atoms with Crippen LogP contribution in [0.2, 0.25) is 0 Å². The number of aromatic carboxylic acids is 2. The third-order valence-electron chi connectivity index (χ3n) is 3.30. The van der Waals surface area contributed by atoms with Crippen LogP contribution >= 0.6 is 0 Å². The second-order valence-electron chi connectivity index (χ2n) is 4.73. The third kappa shape index (κ3) is 3.45. The van der Waals surface area contributed by atoms with Crippen molar-refractivity contribution in [2.45, 2.75) is 6.42 Å². The monoisotopic (exact) mass is 322 g/mol. The summed E-state index contributed by atoms with van der Waals surface area (Å²) in [4.78, 5) is 22.2. The van der Waals surface area contributed by atoms with Crippen molar-refractivity contribution >= 4 is 11.9 Å². The minimum Gasteiger partial charge on any atom is -0.497 e.